The Hall–Kier alpha value is -3.11. The average molecular weight is 477 g/mol. The molecular formula is C23H28N2O7S. The van der Waals surface area contributed by atoms with Crippen molar-refractivity contribution < 1.29 is 32.2 Å². The number of nitrogens with zero attached hydrogens (tertiary/aromatic N) is 1. The largest absolute Gasteiger partial charge is 0.486 e. The standard InChI is InChI=1S/C23H28N2O7S/c1-4-25(5-2)33(28,29)19-8-6-7-18(13-19)23(27)32-15-22(26)24-16(3)17-9-10-20-21(14-17)31-12-11-30-20/h6-10,13-14,16H,4-5,11-12,15H2,1-3H3,(H,24,26). The van der Waals surface area contributed by atoms with Crippen molar-refractivity contribution in [3.8, 4) is 11.5 Å². The summed E-state index contributed by atoms with van der Waals surface area (Å²) in [5.74, 6) is -0.0000892. The lowest BCUT2D eigenvalue weighted by atomic mass is 10.1. The third kappa shape index (κ3) is 5.82. The maximum Gasteiger partial charge on any atom is 0.338 e. The summed E-state index contributed by atoms with van der Waals surface area (Å²) in [4.78, 5) is 24.7. The van der Waals surface area contributed by atoms with Crippen molar-refractivity contribution in [1.82, 2.24) is 9.62 Å². The van der Waals surface area contributed by atoms with Gasteiger partial charge in [0.05, 0.1) is 16.5 Å². The molecule has 1 aliphatic rings. The van der Waals surface area contributed by atoms with Crippen molar-refractivity contribution >= 4 is 21.9 Å². The summed E-state index contributed by atoms with van der Waals surface area (Å²) >= 11 is 0. The second kappa shape index (κ2) is 10.7. The van der Waals surface area contributed by atoms with Crippen LogP contribution in [0.5, 0.6) is 11.5 Å². The Kier molecular flexibility index (Phi) is 7.93. The van der Waals surface area contributed by atoms with Gasteiger partial charge >= 0.3 is 5.97 Å². The van der Waals surface area contributed by atoms with E-state index in [2.05, 4.69) is 5.32 Å². The van der Waals surface area contributed by atoms with Gasteiger partial charge in [0.15, 0.2) is 18.1 Å². The van der Waals surface area contributed by atoms with E-state index in [4.69, 9.17) is 14.2 Å². The molecule has 0 saturated carbocycles. The summed E-state index contributed by atoms with van der Waals surface area (Å²) in [7, 11) is -3.71. The molecule has 3 rings (SSSR count). The number of hydrogen-bond donors (Lipinski definition) is 1. The fourth-order valence-corrected chi connectivity index (χ4v) is 4.91. The molecule has 9 nitrogen and oxygen atoms in total. The lowest BCUT2D eigenvalue weighted by Crippen LogP contribution is -2.31. The van der Waals surface area contributed by atoms with Gasteiger partial charge in [-0.2, -0.15) is 4.31 Å². The molecule has 0 spiro atoms. The van der Waals surface area contributed by atoms with Gasteiger partial charge in [0.25, 0.3) is 5.91 Å². The molecule has 1 N–H and O–H groups in total. The van der Waals surface area contributed by atoms with Gasteiger partial charge in [0.1, 0.15) is 13.2 Å². The number of nitrogens with one attached hydrogen (secondary N) is 1. The van der Waals surface area contributed by atoms with Crippen molar-refractivity contribution in [1.29, 1.82) is 0 Å². The third-order valence-electron chi connectivity index (χ3n) is 5.19. The summed E-state index contributed by atoms with van der Waals surface area (Å²) in [6, 6.07) is 10.6. The lowest BCUT2D eigenvalue weighted by Gasteiger charge is -2.21. The number of sulfonamides is 1. The lowest BCUT2D eigenvalue weighted by molar-refractivity contribution is -0.124. The minimum Gasteiger partial charge on any atom is -0.486 e. The van der Waals surface area contributed by atoms with E-state index in [0.29, 0.717) is 37.8 Å². The number of ether oxygens (including phenoxy) is 3. The summed E-state index contributed by atoms with van der Waals surface area (Å²) in [6.45, 7) is 6.37. The summed E-state index contributed by atoms with van der Waals surface area (Å²) in [5, 5.41) is 2.76. The Morgan fingerprint density at radius 3 is 2.45 bits per heavy atom. The van der Waals surface area contributed by atoms with Gasteiger partial charge in [0.2, 0.25) is 10.0 Å². The predicted molar refractivity (Wildman–Crippen MR) is 121 cm³/mol. The van der Waals surface area contributed by atoms with E-state index in [1.54, 1.807) is 32.9 Å². The van der Waals surface area contributed by atoms with Crippen LogP contribution in [0.25, 0.3) is 0 Å². The molecule has 0 aromatic heterocycles. The summed E-state index contributed by atoms with van der Waals surface area (Å²) < 4.78 is 42.8. The van der Waals surface area contributed by atoms with Gasteiger partial charge in [-0.15, -0.1) is 0 Å². The maximum atomic E-state index is 12.7. The molecule has 1 atom stereocenters. The van der Waals surface area contributed by atoms with Crippen molar-refractivity contribution in [2.45, 2.75) is 31.7 Å². The van der Waals surface area contributed by atoms with Crippen LogP contribution in [-0.2, 0) is 19.6 Å². The van der Waals surface area contributed by atoms with Gasteiger partial charge in [-0.05, 0) is 42.8 Å². The monoisotopic (exact) mass is 476 g/mol. The highest BCUT2D eigenvalue weighted by molar-refractivity contribution is 7.89. The fourth-order valence-electron chi connectivity index (χ4n) is 3.41. The molecule has 0 radical (unpaired) electrons. The normalized spacial score (nSPS) is 13.9. The molecule has 0 fully saturated rings. The van der Waals surface area contributed by atoms with Crippen LogP contribution in [0.4, 0.5) is 0 Å². The second-order valence-corrected chi connectivity index (χ2v) is 9.32. The van der Waals surface area contributed by atoms with Gasteiger partial charge in [-0.3, -0.25) is 4.79 Å². The van der Waals surface area contributed by atoms with E-state index < -0.39 is 28.5 Å². The highest BCUT2D eigenvalue weighted by Gasteiger charge is 2.23. The number of benzene rings is 2. The topological polar surface area (TPSA) is 111 Å². The number of carbonyl (C=O) groups excluding carboxylic acids is 2. The van der Waals surface area contributed by atoms with Gasteiger partial charge in [-0.25, -0.2) is 13.2 Å². The zero-order valence-corrected chi connectivity index (χ0v) is 19.7. The molecule has 1 heterocycles. The van der Waals surface area contributed by atoms with Gasteiger partial charge in [0, 0.05) is 13.1 Å². The predicted octanol–water partition coefficient (Wildman–Crippen LogP) is 2.52. The Labute approximate surface area is 193 Å². The molecule has 1 amide bonds. The Morgan fingerprint density at radius 2 is 1.76 bits per heavy atom. The zero-order valence-electron chi connectivity index (χ0n) is 18.9. The second-order valence-electron chi connectivity index (χ2n) is 7.39. The molecule has 33 heavy (non-hydrogen) atoms. The molecule has 2 aromatic rings. The van der Waals surface area contributed by atoms with Crippen LogP contribution in [0.3, 0.4) is 0 Å². The van der Waals surface area contributed by atoms with Crippen molar-refractivity contribution in [2.24, 2.45) is 0 Å². The minimum absolute atomic E-state index is 0.00247. The number of rotatable bonds is 9. The number of carbonyl (C=O) groups is 2. The first-order valence-electron chi connectivity index (χ1n) is 10.7. The first-order valence-corrected chi connectivity index (χ1v) is 12.2. The van der Waals surface area contributed by atoms with Crippen molar-refractivity contribution in [3.05, 3.63) is 53.6 Å². The molecule has 10 heteroatoms. The molecule has 0 aliphatic carbocycles. The van der Waals surface area contributed by atoms with E-state index in [1.807, 2.05) is 6.07 Å². The highest BCUT2D eigenvalue weighted by atomic mass is 32.2. The Bertz CT molecular complexity index is 1110. The van der Waals surface area contributed by atoms with Gasteiger partial charge in [-0.1, -0.05) is 26.0 Å². The molecule has 178 valence electrons. The smallest absolute Gasteiger partial charge is 0.338 e. The number of fused-ring (bicyclic) bond motifs is 1. The molecule has 0 saturated heterocycles. The molecule has 1 unspecified atom stereocenters. The van der Waals surface area contributed by atoms with E-state index in [-0.39, 0.29) is 16.5 Å². The number of amides is 1. The van der Waals surface area contributed by atoms with Crippen LogP contribution in [0.15, 0.2) is 47.4 Å². The minimum atomic E-state index is -3.71. The van der Waals surface area contributed by atoms with Crippen LogP contribution >= 0.6 is 0 Å². The molecule has 2 aromatic carbocycles. The fraction of sp³-hybridized carbons (Fsp3) is 0.391. The van der Waals surface area contributed by atoms with Crippen LogP contribution in [0.2, 0.25) is 0 Å². The molecule has 1 aliphatic heterocycles. The third-order valence-corrected chi connectivity index (χ3v) is 7.24. The number of hydrogen-bond acceptors (Lipinski definition) is 7. The van der Waals surface area contributed by atoms with Crippen LogP contribution in [-0.4, -0.2) is 57.5 Å². The first-order chi connectivity index (χ1) is 15.8. The first kappa shape index (κ1) is 24.5. The van der Waals surface area contributed by atoms with Crippen LogP contribution < -0.4 is 14.8 Å². The number of esters is 1. The molecule has 0 bridgehead atoms. The van der Waals surface area contributed by atoms with E-state index >= 15 is 0 Å². The van der Waals surface area contributed by atoms with E-state index in [0.717, 1.165) is 5.56 Å². The van der Waals surface area contributed by atoms with Crippen molar-refractivity contribution in [3.63, 3.8) is 0 Å². The van der Waals surface area contributed by atoms with Crippen molar-refractivity contribution in [2.75, 3.05) is 32.9 Å². The van der Waals surface area contributed by atoms with Crippen LogP contribution in [0.1, 0.15) is 42.7 Å². The maximum absolute atomic E-state index is 12.7. The SMILES string of the molecule is CCN(CC)S(=O)(=O)c1cccc(C(=O)OCC(=O)NC(C)c2ccc3c(c2)OCCO3)c1. The Balaban J connectivity index is 1.59. The summed E-state index contributed by atoms with van der Waals surface area (Å²) in [5.41, 5.74) is 0.865. The van der Waals surface area contributed by atoms with Gasteiger partial charge < -0.3 is 19.5 Å². The quantitative estimate of drug-likeness (QED) is 0.554. The van der Waals surface area contributed by atoms with E-state index in [1.165, 1.54) is 28.6 Å². The molecular weight excluding hydrogens is 448 g/mol. The zero-order chi connectivity index (χ0) is 24.0. The summed E-state index contributed by atoms with van der Waals surface area (Å²) in [6.07, 6.45) is 0. The van der Waals surface area contributed by atoms with Crippen LogP contribution in [0, 0.1) is 0 Å². The highest BCUT2D eigenvalue weighted by Crippen LogP contribution is 2.32. The van der Waals surface area contributed by atoms with E-state index in [9.17, 15) is 18.0 Å². The average Bonchev–Trinajstić information content (AvgIpc) is 2.82. The Morgan fingerprint density at radius 1 is 1.06 bits per heavy atom.